The Morgan fingerprint density at radius 1 is 1.31 bits per heavy atom. The number of halogens is 1. The summed E-state index contributed by atoms with van der Waals surface area (Å²) in [6.45, 7) is 2.99. The Morgan fingerprint density at radius 2 is 2.12 bits per heavy atom. The zero-order valence-electron chi connectivity index (χ0n) is 15.2. The number of hydrogen-bond donors (Lipinski definition) is 1. The van der Waals surface area contributed by atoms with Crippen molar-refractivity contribution in [3.05, 3.63) is 35.6 Å². The molecule has 2 fully saturated rings. The molecule has 6 nitrogen and oxygen atoms in total. The van der Waals surface area contributed by atoms with Crippen LogP contribution in [0.2, 0.25) is 0 Å². The first-order chi connectivity index (χ1) is 12.6. The molecule has 0 bridgehead atoms. The number of urea groups is 1. The van der Waals surface area contributed by atoms with Crippen LogP contribution < -0.4 is 5.32 Å². The topological polar surface area (TPSA) is 61.9 Å². The summed E-state index contributed by atoms with van der Waals surface area (Å²) in [6.07, 6.45) is 2.44. The van der Waals surface area contributed by atoms with Crippen molar-refractivity contribution in [2.45, 2.75) is 25.8 Å². The molecule has 3 rings (SSSR count). The molecule has 0 saturated carbocycles. The van der Waals surface area contributed by atoms with E-state index in [-0.39, 0.29) is 24.3 Å². The molecule has 3 amide bonds. The largest absolute Gasteiger partial charge is 0.383 e. The molecular formula is C19H26FN3O3. The van der Waals surface area contributed by atoms with E-state index in [1.54, 1.807) is 30.2 Å². The average molecular weight is 363 g/mol. The maximum absolute atomic E-state index is 13.7. The third-order valence-electron chi connectivity index (χ3n) is 5.42. The quantitative estimate of drug-likeness (QED) is 0.870. The fourth-order valence-corrected chi connectivity index (χ4v) is 3.92. The minimum atomic E-state index is -0.471. The van der Waals surface area contributed by atoms with E-state index < -0.39 is 5.41 Å². The minimum Gasteiger partial charge on any atom is -0.383 e. The first-order valence-electron chi connectivity index (χ1n) is 9.10. The van der Waals surface area contributed by atoms with Gasteiger partial charge in [0.15, 0.2) is 0 Å². The van der Waals surface area contributed by atoms with Crippen LogP contribution in [-0.2, 0) is 16.1 Å². The molecule has 1 atom stereocenters. The molecule has 0 aliphatic carbocycles. The first-order valence-corrected chi connectivity index (χ1v) is 9.10. The van der Waals surface area contributed by atoms with E-state index in [4.69, 9.17) is 4.74 Å². The molecule has 26 heavy (non-hydrogen) atoms. The molecule has 2 aliphatic rings. The molecule has 7 heteroatoms. The zero-order valence-corrected chi connectivity index (χ0v) is 15.2. The number of nitrogens with one attached hydrogen (secondary N) is 1. The lowest BCUT2D eigenvalue weighted by molar-refractivity contribution is -0.146. The summed E-state index contributed by atoms with van der Waals surface area (Å²) in [5, 5.41) is 2.77. The van der Waals surface area contributed by atoms with E-state index in [2.05, 4.69) is 5.32 Å². The van der Waals surface area contributed by atoms with Crippen molar-refractivity contribution in [2.24, 2.45) is 5.41 Å². The summed E-state index contributed by atoms with van der Waals surface area (Å²) in [7, 11) is 1.63. The first kappa shape index (κ1) is 18.6. The van der Waals surface area contributed by atoms with Gasteiger partial charge in [0.05, 0.1) is 12.0 Å². The van der Waals surface area contributed by atoms with Gasteiger partial charge in [-0.15, -0.1) is 0 Å². The Morgan fingerprint density at radius 3 is 2.88 bits per heavy atom. The van der Waals surface area contributed by atoms with Crippen LogP contribution in [0.5, 0.6) is 0 Å². The van der Waals surface area contributed by atoms with Crippen molar-refractivity contribution < 1.29 is 18.7 Å². The second kappa shape index (κ2) is 8.03. The number of piperidine rings is 1. The van der Waals surface area contributed by atoms with Crippen LogP contribution in [0, 0.1) is 11.2 Å². The number of benzene rings is 1. The van der Waals surface area contributed by atoms with Crippen molar-refractivity contribution in [3.8, 4) is 0 Å². The molecule has 0 radical (unpaired) electrons. The van der Waals surface area contributed by atoms with Crippen LogP contribution in [0.3, 0.4) is 0 Å². The van der Waals surface area contributed by atoms with Crippen molar-refractivity contribution in [1.82, 2.24) is 15.1 Å². The van der Waals surface area contributed by atoms with E-state index >= 15 is 0 Å². The Hall–Kier alpha value is -2.15. The number of amides is 3. The van der Waals surface area contributed by atoms with Gasteiger partial charge in [0.2, 0.25) is 5.91 Å². The van der Waals surface area contributed by atoms with E-state index in [0.29, 0.717) is 38.2 Å². The van der Waals surface area contributed by atoms with Crippen molar-refractivity contribution >= 4 is 11.9 Å². The molecule has 2 saturated heterocycles. The molecule has 1 aromatic rings. The van der Waals surface area contributed by atoms with Gasteiger partial charge in [-0.05, 0) is 25.3 Å². The van der Waals surface area contributed by atoms with Gasteiger partial charge >= 0.3 is 6.03 Å². The van der Waals surface area contributed by atoms with E-state index in [9.17, 15) is 14.0 Å². The fraction of sp³-hybridized carbons (Fsp3) is 0.579. The van der Waals surface area contributed by atoms with Gasteiger partial charge in [-0.25, -0.2) is 9.18 Å². The number of ether oxygens (including phenoxy) is 1. The summed E-state index contributed by atoms with van der Waals surface area (Å²) in [6, 6.07) is 6.15. The summed E-state index contributed by atoms with van der Waals surface area (Å²) < 4.78 is 18.8. The third kappa shape index (κ3) is 3.82. The molecule has 2 aliphatic heterocycles. The van der Waals surface area contributed by atoms with Gasteiger partial charge in [-0.2, -0.15) is 0 Å². The summed E-state index contributed by atoms with van der Waals surface area (Å²) in [5.41, 5.74) is -0.0179. The number of carbonyl (C=O) groups is 2. The Bertz CT molecular complexity index is 669. The Labute approximate surface area is 153 Å². The van der Waals surface area contributed by atoms with Gasteiger partial charge < -0.3 is 19.9 Å². The van der Waals surface area contributed by atoms with E-state index in [0.717, 1.165) is 19.4 Å². The monoisotopic (exact) mass is 363 g/mol. The lowest BCUT2D eigenvalue weighted by Crippen LogP contribution is -2.51. The highest BCUT2D eigenvalue weighted by molar-refractivity contribution is 5.85. The van der Waals surface area contributed by atoms with Crippen molar-refractivity contribution in [1.29, 1.82) is 0 Å². The Kier molecular flexibility index (Phi) is 5.76. The zero-order chi connectivity index (χ0) is 18.6. The highest BCUT2D eigenvalue weighted by Gasteiger charge is 2.49. The molecule has 1 spiro atoms. The predicted octanol–water partition coefficient (Wildman–Crippen LogP) is 2.00. The smallest absolute Gasteiger partial charge is 0.317 e. The van der Waals surface area contributed by atoms with Crippen LogP contribution >= 0.6 is 0 Å². The number of methoxy groups -OCH3 is 1. The van der Waals surface area contributed by atoms with Gasteiger partial charge in [-0.1, -0.05) is 18.2 Å². The van der Waals surface area contributed by atoms with Crippen LogP contribution in [0.4, 0.5) is 9.18 Å². The van der Waals surface area contributed by atoms with Crippen molar-refractivity contribution in [3.63, 3.8) is 0 Å². The van der Waals surface area contributed by atoms with Crippen LogP contribution in [0.25, 0.3) is 0 Å². The lowest BCUT2D eigenvalue weighted by atomic mass is 9.78. The van der Waals surface area contributed by atoms with Crippen LogP contribution in [0.15, 0.2) is 24.3 Å². The average Bonchev–Trinajstić information content (AvgIpc) is 3.07. The molecule has 1 unspecified atom stereocenters. The third-order valence-corrected chi connectivity index (χ3v) is 5.42. The van der Waals surface area contributed by atoms with Gasteiger partial charge in [0, 0.05) is 45.4 Å². The number of carbonyl (C=O) groups excluding carboxylic acids is 2. The second-order valence-electron chi connectivity index (χ2n) is 7.09. The van der Waals surface area contributed by atoms with Crippen LogP contribution in [0.1, 0.15) is 24.8 Å². The highest BCUT2D eigenvalue weighted by Crippen LogP contribution is 2.40. The molecule has 1 N–H and O–H groups in total. The van der Waals surface area contributed by atoms with Gasteiger partial charge in [0.1, 0.15) is 5.82 Å². The maximum Gasteiger partial charge on any atom is 0.317 e. The van der Waals surface area contributed by atoms with Gasteiger partial charge in [-0.3, -0.25) is 4.79 Å². The fourth-order valence-electron chi connectivity index (χ4n) is 3.92. The normalized spacial score (nSPS) is 22.9. The molecular weight excluding hydrogens is 337 g/mol. The van der Waals surface area contributed by atoms with E-state index in [1.807, 2.05) is 4.90 Å². The summed E-state index contributed by atoms with van der Waals surface area (Å²) in [4.78, 5) is 28.9. The molecule has 1 aromatic carbocycles. The molecule has 142 valence electrons. The minimum absolute atomic E-state index is 0.130. The summed E-state index contributed by atoms with van der Waals surface area (Å²) >= 11 is 0. The van der Waals surface area contributed by atoms with Crippen LogP contribution in [-0.4, -0.2) is 61.6 Å². The lowest BCUT2D eigenvalue weighted by Gasteiger charge is -2.39. The Balaban J connectivity index is 1.57. The molecule has 0 aromatic heterocycles. The maximum atomic E-state index is 13.7. The predicted molar refractivity (Wildman–Crippen MR) is 94.9 cm³/mol. The SMILES string of the molecule is COCCN1CCCC2(CCN(C(=O)NCc3ccccc3F)C2)C1=O. The number of rotatable bonds is 5. The number of nitrogens with zero attached hydrogens (tertiary/aromatic N) is 2. The highest BCUT2D eigenvalue weighted by atomic mass is 19.1. The number of hydrogen-bond acceptors (Lipinski definition) is 3. The molecule has 2 heterocycles. The van der Waals surface area contributed by atoms with Crippen molar-refractivity contribution in [2.75, 3.05) is 39.9 Å². The standard InChI is InChI=1S/C19H26FN3O3/c1-26-12-11-22-9-4-7-19(17(22)24)8-10-23(14-19)18(25)21-13-15-5-2-3-6-16(15)20/h2-3,5-6H,4,7-14H2,1H3,(H,21,25). The number of likely N-dealkylation sites (tertiary alicyclic amines) is 2. The van der Waals surface area contributed by atoms with Gasteiger partial charge in [0.25, 0.3) is 0 Å². The second-order valence-corrected chi connectivity index (χ2v) is 7.09. The van der Waals surface area contributed by atoms with E-state index in [1.165, 1.54) is 6.07 Å². The summed E-state index contributed by atoms with van der Waals surface area (Å²) in [5.74, 6) is -0.202.